The molecule has 0 aliphatic heterocycles. The molecule has 0 unspecified atom stereocenters. The van der Waals surface area contributed by atoms with Gasteiger partial charge in [0.25, 0.3) is 0 Å². The van der Waals surface area contributed by atoms with Gasteiger partial charge in [-0.15, -0.1) is 0 Å². The van der Waals surface area contributed by atoms with Gasteiger partial charge in [-0.25, -0.2) is 4.79 Å². The summed E-state index contributed by atoms with van der Waals surface area (Å²) in [6.07, 6.45) is 21.7. The van der Waals surface area contributed by atoms with E-state index in [1.807, 2.05) is 0 Å². The van der Waals surface area contributed by atoms with Gasteiger partial charge < -0.3 is 10.8 Å². The number of aryl methyl sites for hydroxylation is 1. The average molecular weight is 418 g/mol. The Balaban J connectivity index is 2.02. The van der Waals surface area contributed by atoms with Crippen molar-refractivity contribution in [2.75, 3.05) is 0 Å². The van der Waals surface area contributed by atoms with Gasteiger partial charge in [-0.2, -0.15) is 0 Å². The van der Waals surface area contributed by atoms with Gasteiger partial charge in [0, 0.05) is 5.56 Å². The third kappa shape index (κ3) is 12.0. The molecule has 0 aliphatic carbocycles. The van der Waals surface area contributed by atoms with E-state index in [1.54, 1.807) is 6.07 Å². The highest BCUT2D eigenvalue weighted by Crippen LogP contribution is 2.17. The van der Waals surface area contributed by atoms with Gasteiger partial charge in [-0.1, -0.05) is 103 Å². The number of nitrogens with two attached hydrogens (primary N) is 1. The molecule has 4 nitrogen and oxygen atoms in total. The van der Waals surface area contributed by atoms with Gasteiger partial charge in [0.15, 0.2) is 0 Å². The Hall–Kier alpha value is -1.84. The first kappa shape index (κ1) is 26.2. The van der Waals surface area contributed by atoms with Crippen LogP contribution < -0.4 is 5.73 Å². The van der Waals surface area contributed by atoms with Crippen LogP contribution in [-0.4, -0.2) is 17.0 Å². The van der Waals surface area contributed by atoms with E-state index in [4.69, 9.17) is 5.73 Å². The van der Waals surface area contributed by atoms with E-state index in [-0.39, 0.29) is 5.56 Å². The smallest absolute Gasteiger partial charge is 0.335 e. The van der Waals surface area contributed by atoms with Crippen LogP contribution in [0.25, 0.3) is 0 Å². The lowest BCUT2D eigenvalue weighted by atomic mass is 9.97. The fourth-order valence-electron chi connectivity index (χ4n) is 4.03. The summed E-state index contributed by atoms with van der Waals surface area (Å²) in [5, 5.41) is 9.31. The first-order valence-corrected chi connectivity index (χ1v) is 12.2. The highest BCUT2D eigenvalue weighted by atomic mass is 16.4. The van der Waals surface area contributed by atoms with Crippen LogP contribution in [0.2, 0.25) is 0 Å². The number of carboxylic acids is 1. The third-order valence-corrected chi connectivity index (χ3v) is 5.92. The summed E-state index contributed by atoms with van der Waals surface area (Å²) in [6.45, 7) is 2.27. The number of unbranched alkanes of at least 4 members (excludes halogenated alkanes) is 15. The van der Waals surface area contributed by atoms with Gasteiger partial charge in [0.2, 0.25) is 5.91 Å². The number of hydrogen-bond acceptors (Lipinski definition) is 2. The van der Waals surface area contributed by atoms with Gasteiger partial charge in [0.05, 0.1) is 5.56 Å². The lowest BCUT2D eigenvalue weighted by Gasteiger charge is -2.08. The number of benzene rings is 1. The Bertz CT molecular complexity index is 612. The minimum atomic E-state index is -0.947. The van der Waals surface area contributed by atoms with Crippen molar-refractivity contribution < 1.29 is 14.7 Å². The second-order valence-electron chi connectivity index (χ2n) is 8.59. The van der Waals surface area contributed by atoms with Gasteiger partial charge in [-0.05, 0) is 36.6 Å². The summed E-state index contributed by atoms with van der Waals surface area (Å²) in [5.74, 6) is -1.46. The molecule has 1 aromatic carbocycles. The molecule has 3 N–H and O–H groups in total. The molecule has 1 rings (SSSR count). The molecule has 0 fully saturated rings. The van der Waals surface area contributed by atoms with Crippen molar-refractivity contribution in [3.05, 3.63) is 34.9 Å². The van der Waals surface area contributed by atoms with E-state index < -0.39 is 11.9 Å². The summed E-state index contributed by atoms with van der Waals surface area (Å²) < 4.78 is 0. The molecule has 170 valence electrons. The molecular weight excluding hydrogens is 374 g/mol. The first-order chi connectivity index (χ1) is 14.6. The number of primary amides is 1. The molecule has 0 saturated carbocycles. The molecule has 30 heavy (non-hydrogen) atoms. The van der Waals surface area contributed by atoms with Crippen molar-refractivity contribution in [1.29, 1.82) is 0 Å². The lowest BCUT2D eigenvalue weighted by molar-refractivity contribution is 0.0695. The fourth-order valence-corrected chi connectivity index (χ4v) is 4.03. The molecule has 1 aromatic rings. The van der Waals surface area contributed by atoms with Crippen LogP contribution in [0.3, 0.4) is 0 Å². The van der Waals surface area contributed by atoms with Crippen molar-refractivity contribution in [2.24, 2.45) is 5.73 Å². The summed E-state index contributed by atoms with van der Waals surface area (Å²) in [4.78, 5) is 22.7. The zero-order valence-electron chi connectivity index (χ0n) is 19.1. The molecule has 0 saturated heterocycles. The zero-order valence-corrected chi connectivity index (χ0v) is 19.1. The highest BCUT2D eigenvalue weighted by Gasteiger charge is 2.12. The Morgan fingerprint density at radius 3 is 1.57 bits per heavy atom. The minimum absolute atomic E-state index is 0.279. The van der Waals surface area contributed by atoms with Crippen LogP contribution in [0.4, 0.5) is 0 Å². The molecule has 0 bridgehead atoms. The molecule has 0 atom stereocenters. The normalized spacial score (nSPS) is 11.0. The fraction of sp³-hybridized carbons (Fsp3) is 0.692. The van der Waals surface area contributed by atoms with E-state index in [1.165, 1.54) is 102 Å². The van der Waals surface area contributed by atoms with E-state index in [0.29, 0.717) is 17.5 Å². The molecule has 0 aromatic heterocycles. The predicted octanol–water partition coefficient (Wildman–Crippen LogP) is 7.29. The monoisotopic (exact) mass is 417 g/mol. The number of rotatable bonds is 19. The second-order valence-corrected chi connectivity index (χ2v) is 8.59. The largest absolute Gasteiger partial charge is 0.478 e. The highest BCUT2D eigenvalue weighted by molar-refractivity contribution is 5.95. The van der Waals surface area contributed by atoms with Crippen LogP contribution in [0, 0.1) is 0 Å². The second kappa shape index (κ2) is 16.9. The van der Waals surface area contributed by atoms with Crippen LogP contribution in [0.15, 0.2) is 18.2 Å². The van der Waals surface area contributed by atoms with Crippen LogP contribution >= 0.6 is 0 Å². The summed E-state index contributed by atoms with van der Waals surface area (Å²) in [5.41, 5.74) is 6.68. The molecule has 0 aliphatic rings. The van der Waals surface area contributed by atoms with Crippen molar-refractivity contribution in [3.8, 4) is 0 Å². The maximum absolute atomic E-state index is 11.4. The molecule has 4 heteroatoms. The molecule has 1 amide bonds. The van der Waals surface area contributed by atoms with Gasteiger partial charge in [0.1, 0.15) is 0 Å². The Morgan fingerprint density at radius 1 is 0.733 bits per heavy atom. The van der Waals surface area contributed by atoms with Crippen molar-refractivity contribution in [1.82, 2.24) is 0 Å². The van der Waals surface area contributed by atoms with Crippen molar-refractivity contribution in [3.63, 3.8) is 0 Å². The number of hydrogen-bond donors (Lipinski definition) is 2. The number of carbonyl (C=O) groups excluding carboxylic acids is 1. The minimum Gasteiger partial charge on any atom is -0.478 e. The third-order valence-electron chi connectivity index (χ3n) is 5.92. The predicted molar refractivity (Wildman–Crippen MR) is 125 cm³/mol. The van der Waals surface area contributed by atoms with E-state index in [2.05, 4.69) is 6.92 Å². The Kier molecular flexibility index (Phi) is 14.8. The lowest BCUT2D eigenvalue weighted by Crippen LogP contribution is -2.13. The maximum Gasteiger partial charge on any atom is 0.335 e. The zero-order chi connectivity index (χ0) is 22.0. The summed E-state index contributed by atoms with van der Waals surface area (Å²) in [7, 11) is 0. The van der Waals surface area contributed by atoms with Crippen LogP contribution in [0.1, 0.15) is 136 Å². The molecule has 0 heterocycles. The molecule has 0 spiro atoms. The maximum atomic E-state index is 11.4. The molecular formula is C26H43NO3. The number of carboxylic acid groups (broad SMARTS) is 1. The standard InChI is InChI=1S/C26H43NO3/c1-2-3-4-5-6-7-8-9-10-11-12-13-14-15-16-17-18-22-21-23(25(27)28)19-20-24(22)26(29)30/h19-21H,2-18H2,1H3,(H2,27,28)(H,29,30). The van der Waals surface area contributed by atoms with Gasteiger partial charge in [-0.3, -0.25) is 4.79 Å². The number of amides is 1. The molecule has 0 radical (unpaired) electrons. The van der Waals surface area contributed by atoms with Crippen molar-refractivity contribution in [2.45, 2.75) is 116 Å². The quantitative estimate of drug-likeness (QED) is 0.232. The topological polar surface area (TPSA) is 80.4 Å². The van der Waals surface area contributed by atoms with E-state index in [9.17, 15) is 14.7 Å². The van der Waals surface area contributed by atoms with Crippen LogP contribution in [-0.2, 0) is 6.42 Å². The number of aromatic carboxylic acids is 1. The van der Waals surface area contributed by atoms with E-state index >= 15 is 0 Å². The SMILES string of the molecule is CCCCCCCCCCCCCCCCCCc1cc(C(N)=O)ccc1C(=O)O. The summed E-state index contributed by atoms with van der Waals surface area (Å²) in [6, 6.07) is 4.62. The summed E-state index contributed by atoms with van der Waals surface area (Å²) >= 11 is 0. The number of carbonyl (C=O) groups is 2. The average Bonchev–Trinajstić information content (AvgIpc) is 2.73. The van der Waals surface area contributed by atoms with E-state index in [0.717, 1.165) is 12.8 Å². The van der Waals surface area contributed by atoms with Crippen LogP contribution in [0.5, 0.6) is 0 Å². The van der Waals surface area contributed by atoms with Gasteiger partial charge >= 0.3 is 5.97 Å². The Morgan fingerprint density at radius 2 is 1.17 bits per heavy atom. The first-order valence-electron chi connectivity index (χ1n) is 12.2. The Labute approximate surface area is 183 Å². The van der Waals surface area contributed by atoms with Crippen molar-refractivity contribution >= 4 is 11.9 Å².